The van der Waals surface area contributed by atoms with Crippen LogP contribution in [0.15, 0.2) is 36.8 Å². The second-order valence-electron chi connectivity index (χ2n) is 4.90. The molecule has 2 aromatic rings. The lowest BCUT2D eigenvalue weighted by Gasteiger charge is -2.17. The van der Waals surface area contributed by atoms with Gasteiger partial charge in [0.2, 0.25) is 0 Å². The van der Waals surface area contributed by atoms with Crippen LogP contribution in [0.3, 0.4) is 0 Å². The number of anilines is 1. The van der Waals surface area contributed by atoms with Gasteiger partial charge < -0.3 is 9.88 Å². The number of hydrogen-bond donors (Lipinski definition) is 1. The molecule has 1 heterocycles. The molecule has 0 radical (unpaired) electrons. The predicted octanol–water partition coefficient (Wildman–Crippen LogP) is 3.45. The first-order valence-corrected chi connectivity index (χ1v) is 6.36. The lowest BCUT2D eigenvalue weighted by atomic mass is 10.1. The Hall–Kier alpha value is -2.28. The summed E-state index contributed by atoms with van der Waals surface area (Å²) >= 11 is 0. The molecule has 1 atom stereocenters. The van der Waals surface area contributed by atoms with Crippen molar-refractivity contribution in [1.29, 1.82) is 5.26 Å². The van der Waals surface area contributed by atoms with Gasteiger partial charge in [0.25, 0.3) is 0 Å². The van der Waals surface area contributed by atoms with Crippen LogP contribution in [0.25, 0.3) is 0 Å². The Kier molecular flexibility index (Phi) is 3.86. The van der Waals surface area contributed by atoms with Crippen molar-refractivity contribution >= 4 is 5.69 Å². The van der Waals surface area contributed by atoms with Gasteiger partial charge in [-0.1, -0.05) is 12.1 Å². The van der Waals surface area contributed by atoms with Crippen LogP contribution in [-0.2, 0) is 0 Å². The van der Waals surface area contributed by atoms with E-state index in [9.17, 15) is 5.26 Å². The first-order valence-electron chi connectivity index (χ1n) is 6.36. The van der Waals surface area contributed by atoms with E-state index in [2.05, 4.69) is 30.2 Å². The van der Waals surface area contributed by atoms with Crippen molar-refractivity contribution in [3.8, 4) is 6.07 Å². The fourth-order valence-electron chi connectivity index (χ4n) is 2.04. The number of rotatable bonds is 4. The van der Waals surface area contributed by atoms with Gasteiger partial charge in [-0.05, 0) is 38.5 Å². The summed E-state index contributed by atoms with van der Waals surface area (Å²) in [6.45, 7) is 6.18. The number of nitrogens with one attached hydrogen (secondary N) is 1. The molecule has 0 aliphatic carbocycles. The van der Waals surface area contributed by atoms with E-state index in [1.54, 1.807) is 12.5 Å². The highest BCUT2D eigenvalue weighted by atomic mass is 15.1. The van der Waals surface area contributed by atoms with Crippen molar-refractivity contribution in [2.45, 2.75) is 32.9 Å². The van der Waals surface area contributed by atoms with Gasteiger partial charge in [-0.25, -0.2) is 4.98 Å². The average molecular weight is 254 g/mol. The lowest BCUT2D eigenvalue weighted by Crippen LogP contribution is -2.14. The predicted molar refractivity (Wildman–Crippen MR) is 75.8 cm³/mol. The second-order valence-corrected chi connectivity index (χ2v) is 4.90. The third kappa shape index (κ3) is 2.94. The number of nitriles is 1. The maximum Gasteiger partial charge on any atom is 0.156 e. The molecule has 0 amide bonds. The van der Waals surface area contributed by atoms with E-state index in [-0.39, 0.29) is 6.04 Å². The first kappa shape index (κ1) is 13.2. The Morgan fingerprint density at radius 1 is 1.37 bits per heavy atom. The molecular weight excluding hydrogens is 236 g/mol. The summed E-state index contributed by atoms with van der Waals surface area (Å²) in [5.74, 6) is 0. The zero-order valence-electron chi connectivity index (χ0n) is 11.5. The zero-order valence-corrected chi connectivity index (χ0v) is 11.5. The number of aromatic nitrogens is 2. The van der Waals surface area contributed by atoms with Crippen LogP contribution in [0.4, 0.5) is 5.69 Å². The highest BCUT2D eigenvalue weighted by molar-refractivity contribution is 5.48. The Bertz CT molecular complexity index is 592. The van der Waals surface area contributed by atoms with E-state index in [4.69, 9.17) is 0 Å². The summed E-state index contributed by atoms with van der Waals surface area (Å²) in [4.78, 5) is 4.14. The maximum absolute atomic E-state index is 9.38. The highest BCUT2D eigenvalue weighted by Crippen LogP contribution is 2.21. The maximum atomic E-state index is 9.38. The number of benzene rings is 1. The summed E-state index contributed by atoms with van der Waals surface area (Å²) in [6, 6.07) is 10.2. The monoisotopic (exact) mass is 254 g/mol. The second kappa shape index (κ2) is 5.57. The van der Waals surface area contributed by atoms with Gasteiger partial charge >= 0.3 is 0 Å². The molecule has 1 unspecified atom stereocenters. The van der Waals surface area contributed by atoms with Crippen molar-refractivity contribution in [3.05, 3.63) is 48.0 Å². The molecule has 0 aliphatic heterocycles. The molecule has 0 saturated carbocycles. The van der Waals surface area contributed by atoms with Crippen LogP contribution in [0.2, 0.25) is 0 Å². The van der Waals surface area contributed by atoms with E-state index < -0.39 is 6.04 Å². The van der Waals surface area contributed by atoms with Crippen molar-refractivity contribution in [1.82, 2.24) is 9.55 Å². The number of hydrogen-bond acceptors (Lipinski definition) is 3. The molecule has 4 nitrogen and oxygen atoms in total. The van der Waals surface area contributed by atoms with E-state index in [0.717, 1.165) is 11.4 Å². The molecule has 98 valence electrons. The Labute approximate surface area is 113 Å². The fourth-order valence-corrected chi connectivity index (χ4v) is 2.04. The normalized spacial score (nSPS) is 12.2. The average Bonchev–Trinajstić information content (AvgIpc) is 2.85. The first-order chi connectivity index (χ1) is 9.11. The van der Waals surface area contributed by atoms with Gasteiger partial charge in [-0.15, -0.1) is 0 Å². The van der Waals surface area contributed by atoms with E-state index >= 15 is 0 Å². The quantitative estimate of drug-likeness (QED) is 0.909. The lowest BCUT2D eigenvalue weighted by molar-refractivity contribution is 0.570. The van der Waals surface area contributed by atoms with E-state index in [1.807, 2.05) is 35.8 Å². The molecular formula is C15H18N4. The zero-order chi connectivity index (χ0) is 13.8. The number of imidazole rings is 1. The molecule has 19 heavy (non-hydrogen) atoms. The smallest absolute Gasteiger partial charge is 0.156 e. The van der Waals surface area contributed by atoms with Crippen molar-refractivity contribution in [2.75, 3.05) is 5.32 Å². The van der Waals surface area contributed by atoms with Crippen molar-refractivity contribution in [3.63, 3.8) is 0 Å². The molecule has 0 fully saturated rings. The summed E-state index contributed by atoms with van der Waals surface area (Å²) in [7, 11) is 0. The van der Waals surface area contributed by atoms with Crippen LogP contribution in [0.5, 0.6) is 0 Å². The Morgan fingerprint density at radius 3 is 2.79 bits per heavy atom. The van der Waals surface area contributed by atoms with Crippen LogP contribution >= 0.6 is 0 Å². The summed E-state index contributed by atoms with van der Waals surface area (Å²) in [5, 5.41) is 12.6. The van der Waals surface area contributed by atoms with Gasteiger partial charge in [0.1, 0.15) is 0 Å². The minimum atomic E-state index is -0.397. The Morgan fingerprint density at radius 2 is 2.16 bits per heavy atom. The largest absolute Gasteiger partial charge is 0.365 e. The van der Waals surface area contributed by atoms with Gasteiger partial charge in [-0.2, -0.15) is 5.26 Å². The van der Waals surface area contributed by atoms with Gasteiger partial charge in [0.05, 0.1) is 24.3 Å². The van der Waals surface area contributed by atoms with Crippen LogP contribution in [-0.4, -0.2) is 9.55 Å². The molecule has 0 aliphatic rings. The molecule has 1 N–H and O–H groups in total. The molecule has 1 aromatic carbocycles. The summed E-state index contributed by atoms with van der Waals surface area (Å²) in [5.41, 5.74) is 3.00. The Balaban J connectivity index is 2.26. The van der Waals surface area contributed by atoms with E-state index in [0.29, 0.717) is 0 Å². The summed E-state index contributed by atoms with van der Waals surface area (Å²) in [6.07, 6.45) is 3.51. The minimum absolute atomic E-state index is 0.285. The third-order valence-corrected chi connectivity index (χ3v) is 3.01. The molecule has 0 spiro atoms. The number of nitrogens with zero attached hydrogens (tertiary/aromatic N) is 3. The summed E-state index contributed by atoms with van der Waals surface area (Å²) < 4.78 is 2.01. The number of aryl methyl sites for hydroxylation is 1. The van der Waals surface area contributed by atoms with Gasteiger partial charge in [0.15, 0.2) is 6.04 Å². The van der Waals surface area contributed by atoms with Crippen molar-refractivity contribution in [2.24, 2.45) is 0 Å². The molecule has 0 bridgehead atoms. The van der Waals surface area contributed by atoms with E-state index in [1.165, 1.54) is 5.56 Å². The molecule has 1 aromatic heterocycles. The van der Waals surface area contributed by atoms with Gasteiger partial charge in [-0.3, -0.25) is 0 Å². The minimum Gasteiger partial charge on any atom is -0.365 e. The molecule has 4 heteroatoms. The topological polar surface area (TPSA) is 53.6 Å². The standard InChI is InChI=1S/C15H18N4/c1-11(2)19-10-17-9-15(19)14(8-16)18-13-6-4-5-12(3)7-13/h4-7,9-11,14,18H,1-3H3. The highest BCUT2D eigenvalue weighted by Gasteiger charge is 2.16. The fraction of sp³-hybridized carbons (Fsp3) is 0.333. The molecule has 2 rings (SSSR count). The van der Waals surface area contributed by atoms with Crippen LogP contribution in [0.1, 0.15) is 37.2 Å². The van der Waals surface area contributed by atoms with Crippen LogP contribution < -0.4 is 5.32 Å². The SMILES string of the molecule is Cc1cccc(NC(C#N)c2cncn2C(C)C)c1. The third-order valence-electron chi connectivity index (χ3n) is 3.01. The molecule has 0 saturated heterocycles. The van der Waals surface area contributed by atoms with Crippen LogP contribution in [0, 0.1) is 18.3 Å². The van der Waals surface area contributed by atoms with Crippen molar-refractivity contribution < 1.29 is 0 Å². The van der Waals surface area contributed by atoms with Gasteiger partial charge in [0, 0.05) is 11.7 Å².